The van der Waals surface area contributed by atoms with Gasteiger partial charge in [0.15, 0.2) is 11.5 Å². The number of fused-ring (bicyclic) bond motifs is 3. The Morgan fingerprint density at radius 2 is 1.61 bits per heavy atom. The second-order valence-corrected chi connectivity index (χ2v) is 12.8. The summed E-state index contributed by atoms with van der Waals surface area (Å²) in [7, 11) is 0. The lowest BCUT2D eigenvalue weighted by molar-refractivity contribution is 0.122. The van der Waals surface area contributed by atoms with Gasteiger partial charge in [-0.05, 0) is 55.3 Å². The number of hydrogen-bond acceptors (Lipinski definition) is 10. The summed E-state index contributed by atoms with van der Waals surface area (Å²) in [6.45, 7) is 6.55. The molecule has 2 aromatic carbocycles. The Labute approximate surface area is 284 Å². The molecule has 6 aromatic rings. The molecule has 0 radical (unpaired) electrons. The van der Waals surface area contributed by atoms with E-state index in [1.165, 1.54) is 11.3 Å². The van der Waals surface area contributed by atoms with Crippen molar-refractivity contribution in [3.05, 3.63) is 103 Å². The van der Waals surface area contributed by atoms with Crippen LogP contribution in [-0.4, -0.2) is 91.9 Å². The van der Waals surface area contributed by atoms with Crippen LogP contribution in [0.5, 0.6) is 0 Å². The summed E-state index contributed by atoms with van der Waals surface area (Å²) in [5, 5.41) is 5.77. The number of rotatable bonds is 7. The highest BCUT2D eigenvalue weighted by atomic mass is 16.5. The van der Waals surface area contributed by atoms with Crippen molar-refractivity contribution >= 4 is 34.3 Å². The molecule has 2 fully saturated rings. The number of nitrogens with zero attached hydrogens (tertiary/aromatic N) is 10. The number of morpholine rings is 1. The van der Waals surface area contributed by atoms with Crippen LogP contribution in [0, 0.1) is 5.92 Å². The Morgan fingerprint density at radius 3 is 2.41 bits per heavy atom. The Kier molecular flexibility index (Phi) is 7.83. The van der Waals surface area contributed by atoms with Gasteiger partial charge in [-0.25, -0.2) is 15.0 Å². The average molecular weight is 649 g/mol. The first-order chi connectivity index (χ1) is 24.2. The number of ether oxygens (including phenoxy) is 1. The zero-order valence-corrected chi connectivity index (χ0v) is 27.2. The first-order valence-electron chi connectivity index (χ1n) is 17.0. The molecule has 0 atom stereocenters. The minimum atomic E-state index is 0.482. The van der Waals surface area contributed by atoms with E-state index in [2.05, 4.69) is 79.4 Å². The van der Waals surface area contributed by atoms with Crippen molar-refractivity contribution in [1.29, 1.82) is 0 Å². The van der Waals surface area contributed by atoms with Crippen molar-refractivity contribution in [1.82, 2.24) is 34.4 Å². The van der Waals surface area contributed by atoms with E-state index in [0.717, 1.165) is 90.5 Å². The smallest absolute Gasteiger partial charge is 0.256 e. The molecule has 2 saturated heterocycles. The van der Waals surface area contributed by atoms with Crippen LogP contribution < -0.4 is 4.90 Å². The van der Waals surface area contributed by atoms with E-state index in [9.17, 15) is 0 Å². The zero-order valence-electron chi connectivity index (χ0n) is 27.2. The largest absolute Gasteiger partial charge is 0.378 e. The van der Waals surface area contributed by atoms with Gasteiger partial charge in [-0.1, -0.05) is 60.7 Å². The van der Waals surface area contributed by atoms with E-state index >= 15 is 0 Å². The number of pyridine rings is 2. The molecule has 0 saturated carbocycles. The fourth-order valence-corrected chi connectivity index (χ4v) is 7.05. The Bertz CT molecular complexity index is 2170. The lowest BCUT2D eigenvalue weighted by Crippen LogP contribution is -2.36. The summed E-state index contributed by atoms with van der Waals surface area (Å²) < 4.78 is 7.31. The fourth-order valence-electron chi connectivity index (χ4n) is 7.05. The van der Waals surface area contributed by atoms with E-state index in [0.29, 0.717) is 37.4 Å². The highest BCUT2D eigenvalue weighted by molar-refractivity contribution is 6.11. The number of piperidine rings is 1. The number of likely N-dealkylation sites (tertiary alicyclic amines) is 1. The van der Waals surface area contributed by atoms with Gasteiger partial charge >= 0.3 is 0 Å². The van der Waals surface area contributed by atoms with Crippen LogP contribution in [0.3, 0.4) is 0 Å². The quantitative estimate of drug-likeness (QED) is 0.228. The fraction of sp³-hybridized carbons (Fsp3) is 0.289. The van der Waals surface area contributed by atoms with Crippen molar-refractivity contribution in [2.24, 2.45) is 15.9 Å². The van der Waals surface area contributed by atoms with Crippen LogP contribution in [0.4, 0.5) is 5.95 Å². The molecule has 0 amide bonds. The van der Waals surface area contributed by atoms with Crippen LogP contribution in [0.1, 0.15) is 24.1 Å². The third-order valence-corrected chi connectivity index (χ3v) is 9.73. The van der Waals surface area contributed by atoms with Crippen molar-refractivity contribution in [3.8, 4) is 22.4 Å². The molecule has 0 spiro atoms. The summed E-state index contributed by atoms with van der Waals surface area (Å²) in [6, 6.07) is 27.4. The molecule has 0 bridgehead atoms. The first-order valence-corrected chi connectivity index (χ1v) is 17.0. The van der Waals surface area contributed by atoms with Gasteiger partial charge in [0, 0.05) is 60.2 Å². The lowest BCUT2D eigenvalue weighted by atomic mass is 9.91. The number of amidine groups is 1. The molecule has 4 aromatic heterocycles. The predicted octanol–water partition coefficient (Wildman–Crippen LogP) is 5.35. The van der Waals surface area contributed by atoms with Crippen LogP contribution in [-0.2, 0) is 11.3 Å². The maximum absolute atomic E-state index is 5.53. The second kappa shape index (κ2) is 12.9. The van der Waals surface area contributed by atoms with E-state index in [1.807, 2.05) is 30.5 Å². The maximum Gasteiger partial charge on any atom is 0.256 e. The Hall–Kier alpha value is -5.39. The van der Waals surface area contributed by atoms with E-state index in [4.69, 9.17) is 24.8 Å². The van der Waals surface area contributed by atoms with Gasteiger partial charge in [0.25, 0.3) is 5.78 Å². The van der Waals surface area contributed by atoms with Crippen molar-refractivity contribution in [3.63, 3.8) is 0 Å². The van der Waals surface area contributed by atoms with E-state index < -0.39 is 0 Å². The zero-order chi connectivity index (χ0) is 32.6. The minimum absolute atomic E-state index is 0.482. The molecule has 3 aliphatic rings. The van der Waals surface area contributed by atoms with Gasteiger partial charge in [0.1, 0.15) is 5.69 Å². The lowest BCUT2D eigenvalue weighted by Gasteiger charge is -2.32. The molecule has 9 rings (SSSR count). The average Bonchev–Trinajstić information content (AvgIpc) is 3.85. The Morgan fingerprint density at radius 1 is 0.796 bits per heavy atom. The number of aliphatic imine (C=N–C) groups is 2. The molecule has 11 nitrogen and oxygen atoms in total. The minimum Gasteiger partial charge on any atom is -0.378 e. The van der Waals surface area contributed by atoms with Crippen LogP contribution in [0.15, 0.2) is 101 Å². The number of benzene rings is 2. The monoisotopic (exact) mass is 648 g/mol. The molecule has 0 N–H and O–H groups in total. The van der Waals surface area contributed by atoms with E-state index in [1.54, 1.807) is 10.7 Å². The summed E-state index contributed by atoms with van der Waals surface area (Å²) in [5.41, 5.74) is 8.23. The molecular weight excluding hydrogens is 612 g/mol. The Balaban J connectivity index is 0.952. The SMILES string of the molecule is c1ccc(-c2cc3cnc4nc(N5CCOCC5)nn4c3nc2-c2ccc(CN3CCC(C4=NC(c5ccccn5)=NC4)CC3)cc2)cc1. The molecule has 244 valence electrons. The van der Waals surface area contributed by atoms with Gasteiger partial charge in [0.2, 0.25) is 5.95 Å². The van der Waals surface area contributed by atoms with Crippen LogP contribution in [0.2, 0.25) is 0 Å². The van der Waals surface area contributed by atoms with Gasteiger partial charge in [-0.3, -0.25) is 14.9 Å². The molecule has 49 heavy (non-hydrogen) atoms. The van der Waals surface area contributed by atoms with Gasteiger partial charge in [-0.2, -0.15) is 9.50 Å². The summed E-state index contributed by atoms with van der Waals surface area (Å²) >= 11 is 0. The molecule has 0 unspecified atom stereocenters. The molecule has 11 heteroatoms. The first kappa shape index (κ1) is 29.7. The maximum atomic E-state index is 5.53. The predicted molar refractivity (Wildman–Crippen MR) is 191 cm³/mol. The second-order valence-electron chi connectivity index (χ2n) is 12.8. The van der Waals surface area contributed by atoms with Crippen molar-refractivity contribution in [2.75, 3.05) is 50.8 Å². The van der Waals surface area contributed by atoms with Crippen molar-refractivity contribution < 1.29 is 4.74 Å². The summed E-state index contributed by atoms with van der Waals surface area (Å²) in [5.74, 6) is 2.45. The number of aromatic nitrogens is 6. The van der Waals surface area contributed by atoms with Crippen molar-refractivity contribution in [2.45, 2.75) is 19.4 Å². The normalized spacial score (nSPS) is 17.5. The highest BCUT2D eigenvalue weighted by Crippen LogP contribution is 2.34. The number of anilines is 1. The molecule has 7 heterocycles. The molecule has 0 aliphatic carbocycles. The third-order valence-electron chi connectivity index (χ3n) is 9.73. The van der Waals surface area contributed by atoms with Gasteiger partial charge in [-0.15, -0.1) is 5.10 Å². The number of hydrogen-bond donors (Lipinski definition) is 0. The van der Waals surface area contributed by atoms with Gasteiger partial charge in [0.05, 0.1) is 25.5 Å². The molecular formula is C38H36N10O. The summed E-state index contributed by atoms with van der Waals surface area (Å²) in [4.78, 5) is 33.3. The van der Waals surface area contributed by atoms with Crippen LogP contribution in [0.25, 0.3) is 39.2 Å². The van der Waals surface area contributed by atoms with Crippen LogP contribution >= 0.6 is 0 Å². The highest BCUT2D eigenvalue weighted by Gasteiger charge is 2.26. The molecule has 3 aliphatic heterocycles. The topological polar surface area (TPSA) is 109 Å². The standard InChI is InChI=1S/C38H36N10O/c1-2-6-27(7-3-1)31-22-30-23-41-37-44-38(47-18-20-49-21-19-47)45-48(37)36(30)43-34(31)29-11-9-26(10-12-29)25-46-16-13-28(14-17-46)33-24-40-35(42-33)32-8-4-5-15-39-32/h1-12,15,22-23,28H,13-14,16-21,24-25H2. The third kappa shape index (κ3) is 5.96. The van der Waals surface area contributed by atoms with E-state index in [-0.39, 0.29) is 0 Å². The van der Waals surface area contributed by atoms with Gasteiger partial charge < -0.3 is 9.64 Å². The summed E-state index contributed by atoms with van der Waals surface area (Å²) in [6.07, 6.45) is 5.85.